The molecule has 0 atom stereocenters. The molecule has 20 heavy (non-hydrogen) atoms. The molecule has 0 unspecified atom stereocenters. The van der Waals surface area contributed by atoms with Crippen molar-refractivity contribution in [1.82, 2.24) is 9.78 Å². The number of allylic oxidation sites excluding steroid dienone is 1. The van der Waals surface area contributed by atoms with E-state index in [2.05, 4.69) is 17.0 Å². The molecule has 0 saturated carbocycles. The van der Waals surface area contributed by atoms with Crippen LogP contribution in [-0.4, -0.2) is 9.78 Å². The molecule has 1 aromatic carbocycles. The van der Waals surface area contributed by atoms with Gasteiger partial charge in [-0.1, -0.05) is 29.8 Å². The molecular weight excluding hydrogens is 281 g/mol. The Morgan fingerprint density at radius 1 is 1.40 bits per heavy atom. The highest BCUT2D eigenvalue weighted by Gasteiger charge is 2.08. The van der Waals surface area contributed by atoms with E-state index in [1.54, 1.807) is 18.2 Å². The van der Waals surface area contributed by atoms with Crippen LogP contribution in [-0.2, 0) is 13.1 Å². The second-order valence-electron chi connectivity index (χ2n) is 4.13. The predicted octanol–water partition coefficient (Wildman–Crippen LogP) is 2.83. The van der Waals surface area contributed by atoms with E-state index >= 15 is 0 Å². The van der Waals surface area contributed by atoms with Crippen LogP contribution in [0.5, 0.6) is 0 Å². The number of nitrogens with zero attached hydrogens (tertiary/aromatic N) is 2. The van der Waals surface area contributed by atoms with Gasteiger partial charge in [-0.05, 0) is 17.7 Å². The first-order valence-electron chi connectivity index (χ1n) is 5.96. The third-order valence-electron chi connectivity index (χ3n) is 2.68. The number of hydrogen-bond donors (Lipinski definition) is 1. The number of nitrogens with one attached hydrogen (secondary N) is 1. The first-order valence-corrected chi connectivity index (χ1v) is 6.34. The lowest BCUT2D eigenvalue weighted by Crippen LogP contribution is -2.23. The monoisotopic (exact) mass is 293 g/mol. The summed E-state index contributed by atoms with van der Waals surface area (Å²) in [6.45, 7) is 4.27. The van der Waals surface area contributed by atoms with Gasteiger partial charge in [0.25, 0.3) is 5.56 Å². The highest BCUT2D eigenvalue weighted by Crippen LogP contribution is 2.16. The lowest BCUT2D eigenvalue weighted by atomic mass is 10.2. The lowest BCUT2D eigenvalue weighted by Gasteiger charge is -2.09. The molecule has 0 fully saturated rings. The molecule has 6 heteroatoms. The van der Waals surface area contributed by atoms with E-state index < -0.39 is 0 Å². The number of benzene rings is 1. The average molecular weight is 294 g/mol. The third kappa shape index (κ3) is 3.24. The van der Waals surface area contributed by atoms with Crippen molar-refractivity contribution in [2.75, 3.05) is 5.32 Å². The molecule has 0 saturated heterocycles. The van der Waals surface area contributed by atoms with Gasteiger partial charge in [-0.15, -0.1) is 6.58 Å². The second kappa shape index (κ2) is 6.34. The minimum Gasteiger partial charge on any atom is -0.378 e. The molecule has 2 aromatic rings. The molecule has 4 nitrogen and oxygen atoms in total. The van der Waals surface area contributed by atoms with Crippen LogP contribution in [0.25, 0.3) is 0 Å². The molecular formula is C14H13ClFN3O. The minimum atomic E-state index is -0.379. The van der Waals surface area contributed by atoms with Crippen LogP contribution in [0.3, 0.4) is 0 Å². The van der Waals surface area contributed by atoms with E-state index in [1.807, 2.05) is 0 Å². The van der Waals surface area contributed by atoms with Crippen LogP contribution < -0.4 is 10.9 Å². The lowest BCUT2D eigenvalue weighted by molar-refractivity contribution is 0.627. The van der Waals surface area contributed by atoms with Crippen LogP contribution in [0.15, 0.2) is 47.9 Å². The van der Waals surface area contributed by atoms with Gasteiger partial charge in [0, 0.05) is 6.54 Å². The maximum atomic E-state index is 12.8. The molecule has 0 amide bonds. The van der Waals surface area contributed by atoms with Gasteiger partial charge in [0.1, 0.15) is 10.8 Å². The fraction of sp³-hybridized carbons (Fsp3) is 0.143. The second-order valence-corrected chi connectivity index (χ2v) is 4.51. The molecule has 0 aliphatic heterocycles. The van der Waals surface area contributed by atoms with Crippen molar-refractivity contribution in [3.05, 3.63) is 69.9 Å². The average Bonchev–Trinajstić information content (AvgIpc) is 2.45. The highest BCUT2D eigenvalue weighted by atomic mass is 35.5. The molecule has 1 N–H and O–H groups in total. The first-order chi connectivity index (χ1) is 9.61. The van der Waals surface area contributed by atoms with E-state index in [0.29, 0.717) is 18.8 Å². The van der Waals surface area contributed by atoms with Gasteiger partial charge in [-0.3, -0.25) is 4.79 Å². The summed E-state index contributed by atoms with van der Waals surface area (Å²) in [4.78, 5) is 11.9. The van der Waals surface area contributed by atoms with Crippen molar-refractivity contribution in [3.8, 4) is 0 Å². The number of halogens is 2. The van der Waals surface area contributed by atoms with Crippen molar-refractivity contribution in [3.63, 3.8) is 0 Å². The van der Waals surface area contributed by atoms with Crippen LogP contribution in [0.4, 0.5) is 10.1 Å². The van der Waals surface area contributed by atoms with Gasteiger partial charge in [0.05, 0.1) is 18.4 Å². The summed E-state index contributed by atoms with van der Waals surface area (Å²) in [5.74, 6) is -0.291. The van der Waals surface area contributed by atoms with Gasteiger partial charge < -0.3 is 5.32 Å². The van der Waals surface area contributed by atoms with Crippen molar-refractivity contribution < 1.29 is 4.39 Å². The Morgan fingerprint density at radius 3 is 2.75 bits per heavy atom. The zero-order valence-electron chi connectivity index (χ0n) is 10.6. The summed E-state index contributed by atoms with van der Waals surface area (Å²) in [5, 5.41) is 7.06. The normalized spacial score (nSPS) is 10.3. The number of rotatable bonds is 5. The fourth-order valence-electron chi connectivity index (χ4n) is 1.64. The molecule has 1 heterocycles. The Bertz CT molecular complexity index is 667. The largest absolute Gasteiger partial charge is 0.378 e. The molecule has 0 radical (unpaired) electrons. The van der Waals surface area contributed by atoms with Gasteiger partial charge in [0.15, 0.2) is 0 Å². The Labute approximate surface area is 120 Å². The zero-order valence-corrected chi connectivity index (χ0v) is 11.4. The van der Waals surface area contributed by atoms with E-state index in [9.17, 15) is 9.18 Å². The van der Waals surface area contributed by atoms with Crippen LogP contribution in [0.2, 0.25) is 5.02 Å². The van der Waals surface area contributed by atoms with Crippen LogP contribution in [0.1, 0.15) is 5.56 Å². The molecule has 1 aromatic heterocycles. The number of hydrogen-bond acceptors (Lipinski definition) is 3. The zero-order chi connectivity index (χ0) is 14.5. The molecule has 0 aliphatic rings. The molecule has 0 aliphatic carbocycles. The van der Waals surface area contributed by atoms with Gasteiger partial charge >= 0.3 is 0 Å². The maximum absolute atomic E-state index is 12.8. The van der Waals surface area contributed by atoms with Gasteiger partial charge in [-0.2, -0.15) is 5.10 Å². The minimum absolute atomic E-state index is 0.0731. The fourth-order valence-corrected chi connectivity index (χ4v) is 1.85. The summed E-state index contributed by atoms with van der Waals surface area (Å²) in [5.41, 5.74) is 0.940. The summed E-state index contributed by atoms with van der Waals surface area (Å²) in [7, 11) is 0. The van der Waals surface area contributed by atoms with Gasteiger partial charge in [0.2, 0.25) is 0 Å². The molecule has 2 rings (SSSR count). The predicted molar refractivity (Wildman–Crippen MR) is 77.4 cm³/mol. The van der Waals surface area contributed by atoms with Crippen LogP contribution >= 0.6 is 11.6 Å². The highest BCUT2D eigenvalue weighted by molar-refractivity contribution is 6.32. The van der Waals surface area contributed by atoms with Gasteiger partial charge in [-0.25, -0.2) is 9.07 Å². The molecule has 104 valence electrons. The maximum Gasteiger partial charge on any atom is 0.287 e. The van der Waals surface area contributed by atoms with E-state index in [0.717, 1.165) is 5.56 Å². The summed E-state index contributed by atoms with van der Waals surface area (Å²) in [6.07, 6.45) is 3.05. The van der Waals surface area contributed by atoms with Crippen molar-refractivity contribution >= 4 is 17.3 Å². The van der Waals surface area contributed by atoms with E-state index in [-0.39, 0.29) is 16.4 Å². The standard InChI is InChI=1S/C14H13ClFN3O/c1-2-7-19-14(20)13(15)12(9-18-19)17-8-10-3-5-11(16)6-4-10/h2-6,9,17H,1,7-8H2. The Morgan fingerprint density at radius 2 is 2.10 bits per heavy atom. The topological polar surface area (TPSA) is 46.9 Å². The first kappa shape index (κ1) is 14.3. The third-order valence-corrected chi connectivity index (χ3v) is 3.05. The van der Waals surface area contributed by atoms with E-state index in [4.69, 9.17) is 11.6 Å². The Hall–Kier alpha value is -2.14. The Kier molecular flexibility index (Phi) is 4.53. The SMILES string of the molecule is C=CCn1ncc(NCc2ccc(F)cc2)c(Cl)c1=O. The Balaban J connectivity index is 2.14. The van der Waals surface area contributed by atoms with E-state index in [1.165, 1.54) is 23.0 Å². The van der Waals surface area contributed by atoms with Crippen molar-refractivity contribution in [2.24, 2.45) is 0 Å². The smallest absolute Gasteiger partial charge is 0.287 e. The quantitative estimate of drug-likeness (QED) is 0.862. The summed E-state index contributed by atoms with van der Waals surface area (Å²) >= 11 is 6.00. The summed E-state index contributed by atoms with van der Waals surface area (Å²) < 4.78 is 14.0. The number of aromatic nitrogens is 2. The summed E-state index contributed by atoms with van der Waals surface area (Å²) in [6, 6.07) is 6.06. The molecule has 0 spiro atoms. The van der Waals surface area contributed by atoms with Crippen LogP contribution in [0, 0.1) is 5.82 Å². The van der Waals surface area contributed by atoms with Crippen molar-refractivity contribution in [1.29, 1.82) is 0 Å². The van der Waals surface area contributed by atoms with Crippen molar-refractivity contribution in [2.45, 2.75) is 13.1 Å². The molecule has 0 bridgehead atoms. The number of anilines is 1.